The molecule has 0 aliphatic carbocycles. The molecule has 4 nitrogen and oxygen atoms in total. The lowest BCUT2D eigenvalue weighted by atomic mass is 10.1. The van der Waals surface area contributed by atoms with Crippen LogP contribution in [0.5, 0.6) is 0 Å². The topological polar surface area (TPSA) is 72.2 Å². The van der Waals surface area contributed by atoms with Gasteiger partial charge >= 0.3 is 0 Å². The van der Waals surface area contributed by atoms with Gasteiger partial charge in [0.15, 0.2) is 9.84 Å². The molecule has 0 aromatic heterocycles. The van der Waals surface area contributed by atoms with Gasteiger partial charge in [-0.25, -0.2) is 8.42 Å². The molecule has 0 saturated heterocycles. The Morgan fingerprint density at radius 1 is 1.05 bits per heavy atom. The Kier molecular flexibility index (Phi) is 3.72. The molecule has 0 bridgehead atoms. The first kappa shape index (κ1) is 14.4. The zero-order valence-corrected chi connectivity index (χ0v) is 12.6. The van der Waals surface area contributed by atoms with Gasteiger partial charge in [0, 0.05) is 11.9 Å². The highest BCUT2D eigenvalue weighted by molar-refractivity contribution is 7.90. The summed E-state index contributed by atoms with van der Waals surface area (Å²) in [6, 6.07) is 11.0. The molecule has 0 unspecified atom stereocenters. The van der Waals surface area contributed by atoms with Crippen molar-refractivity contribution >= 4 is 26.9 Å². The van der Waals surface area contributed by atoms with Crippen LogP contribution < -0.4 is 11.1 Å². The largest absolute Gasteiger partial charge is 0.396 e. The van der Waals surface area contributed by atoms with E-state index >= 15 is 0 Å². The van der Waals surface area contributed by atoms with Crippen LogP contribution in [0.1, 0.15) is 11.1 Å². The van der Waals surface area contributed by atoms with Crippen molar-refractivity contribution in [2.24, 2.45) is 0 Å². The number of nitrogens with two attached hydrogens (primary N) is 1. The number of nitrogens with one attached hydrogen (secondary N) is 1. The van der Waals surface area contributed by atoms with Gasteiger partial charge in [0.25, 0.3) is 0 Å². The number of nitrogen functional groups attached to an aromatic ring is 1. The molecule has 0 saturated carbocycles. The Morgan fingerprint density at radius 3 is 2.20 bits per heavy atom. The predicted molar refractivity (Wildman–Crippen MR) is 83.2 cm³/mol. The second-order valence-corrected chi connectivity index (χ2v) is 6.98. The third-order valence-corrected chi connectivity index (χ3v) is 4.12. The second kappa shape index (κ2) is 5.17. The van der Waals surface area contributed by atoms with Crippen LogP contribution in [-0.2, 0) is 9.84 Å². The number of sulfone groups is 1. The summed E-state index contributed by atoms with van der Waals surface area (Å²) in [6.45, 7) is 4.02. The molecular weight excluding hydrogens is 272 g/mol. The van der Waals surface area contributed by atoms with Gasteiger partial charge in [0.05, 0.1) is 16.3 Å². The van der Waals surface area contributed by atoms with Crippen molar-refractivity contribution in [2.75, 3.05) is 17.3 Å². The lowest BCUT2D eigenvalue weighted by Crippen LogP contribution is -2.05. The molecule has 5 heteroatoms. The number of para-hydroxylation sites is 1. The van der Waals surface area contributed by atoms with Gasteiger partial charge in [0.1, 0.15) is 0 Å². The van der Waals surface area contributed by atoms with Crippen molar-refractivity contribution in [3.8, 4) is 0 Å². The van der Waals surface area contributed by atoms with Crippen molar-refractivity contribution in [3.05, 3.63) is 47.5 Å². The van der Waals surface area contributed by atoms with Crippen molar-refractivity contribution in [1.82, 2.24) is 0 Å². The van der Waals surface area contributed by atoms with Crippen LogP contribution in [0.15, 0.2) is 41.3 Å². The lowest BCUT2D eigenvalue weighted by Gasteiger charge is -2.13. The van der Waals surface area contributed by atoms with Gasteiger partial charge in [-0.1, -0.05) is 12.1 Å². The number of rotatable bonds is 3. The minimum atomic E-state index is -3.33. The van der Waals surface area contributed by atoms with Crippen molar-refractivity contribution < 1.29 is 8.42 Å². The average molecular weight is 290 g/mol. The minimum Gasteiger partial charge on any atom is -0.396 e. The molecule has 0 fully saturated rings. The molecule has 3 N–H and O–H groups in total. The lowest BCUT2D eigenvalue weighted by molar-refractivity contribution is 0.602. The van der Waals surface area contributed by atoms with Crippen LogP contribution >= 0.6 is 0 Å². The molecular formula is C15H18N2O2S. The third kappa shape index (κ3) is 3.11. The summed E-state index contributed by atoms with van der Waals surface area (Å²) < 4.78 is 23.3. The van der Waals surface area contributed by atoms with Crippen LogP contribution in [-0.4, -0.2) is 14.7 Å². The number of hydrogen-bond donors (Lipinski definition) is 2. The molecule has 20 heavy (non-hydrogen) atoms. The van der Waals surface area contributed by atoms with Crippen LogP contribution in [0.2, 0.25) is 0 Å². The van der Waals surface area contributed by atoms with E-state index in [1.807, 2.05) is 26.0 Å². The molecule has 0 spiro atoms. The van der Waals surface area contributed by atoms with E-state index in [1.54, 1.807) is 12.1 Å². The molecule has 0 radical (unpaired) electrons. The SMILES string of the molecule is Cc1cc(C)cc(Nc2cccc(S(C)(=O)=O)c2N)c1. The van der Waals surface area contributed by atoms with Gasteiger partial charge < -0.3 is 11.1 Å². The Labute approximate surface area is 119 Å². The Balaban J connectivity index is 2.44. The summed E-state index contributed by atoms with van der Waals surface area (Å²) in [5, 5.41) is 3.18. The third-order valence-electron chi connectivity index (χ3n) is 2.97. The average Bonchev–Trinajstić information content (AvgIpc) is 2.29. The quantitative estimate of drug-likeness (QED) is 0.852. The van der Waals surface area contributed by atoms with Crippen LogP contribution in [0.3, 0.4) is 0 Å². The maximum absolute atomic E-state index is 11.7. The maximum Gasteiger partial charge on any atom is 0.177 e. The number of benzene rings is 2. The highest BCUT2D eigenvalue weighted by Gasteiger charge is 2.14. The molecule has 0 aliphatic heterocycles. The molecule has 106 valence electrons. The standard InChI is InChI=1S/C15H18N2O2S/c1-10-7-11(2)9-12(8-10)17-13-5-4-6-14(15(13)16)20(3,18)19/h4-9,17H,16H2,1-3H3. The van der Waals surface area contributed by atoms with E-state index in [0.29, 0.717) is 5.69 Å². The van der Waals surface area contributed by atoms with E-state index in [1.165, 1.54) is 6.07 Å². The summed E-state index contributed by atoms with van der Waals surface area (Å²) in [5.41, 5.74) is 9.94. The fourth-order valence-corrected chi connectivity index (χ4v) is 3.01. The van der Waals surface area contributed by atoms with Gasteiger partial charge in [-0.15, -0.1) is 0 Å². The highest BCUT2D eigenvalue weighted by Crippen LogP contribution is 2.29. The van der Waals surface area contributed by atoms with E-state index in [0.717, 1.165) is 23.1 Å². The number of aryl methyl sites for hydroxylation is 2. The summed E-state index contributed by atoms with van der Waals surface area (Å²) >= 11 is 0. The van der Waals surface area contributed by atoms with E-state index in [9.17, 15) is 8.42 Å². The molecule has 0 amide bonds. The van der Waals surface area contributed by atoms with E-state index < -0.39 is 9.84 Å². The summed E-state index contributed by atoms with van der Waals surface area (Å²) in [6.07, 6.45) is 1.15. The summed E-state index contributed by atoms with van der Waals surface area (Å²) in [4.78, 5) is 0.145. The fourth-order valence-electron chi connectivity index (χ4n) is 2.18. The van der Waals surface area contributed by atoms with Gasteiger partial charge in [-0.2, -0.15) is 0 Å². The van der Waals surface area contributed by atoms with Gasteiger partial charge in [-0.05, 0) is 49.2 Å². The summed E-state index contributed by atoms with van der Waals surface area (Å²) in [7, 11) is -3.33. The monoisotopic (exact) mass is 290 g/mol. The Morgan fingerprint density at radius 2 is 1.65 bits per heavy atom. The summed E-state index contributed by atoms with van der Waals surface area (Å²) in [5.74, 6) is 0. The van der Waals surface area contributed by atoms with Crippen LogP contribution in [0, 0.1) is 13.8 Å². The first-order valence-corrected chi connectivity index (χ1v) is 8.10. The van der Waals surface area contributed by atoms with E-state index in [4.69, 9.17) is 5.73 Å². The Hall–Kier alpha value is -2.01. The molecule has 0 aliphatic rings. The zero-order chi connectivity index (χ0) is 14.9. The van der Waals surface area contributed by atoms with Crippen molar-refractivity contribution in [3.63, 3.8) is 0 Å². The van der Waals surface area contributed by atoms with Gasteiger partial charge in [-0.3, -0.25) is 0 Å². The van der Waals surface area contributed by atoms with Gasteiger partial charge in [0.2, 0.25) is 0 Å². The first-order valence-electron chi connectivity index (χ1n) is 6.21. The molecule has 2 aromatic carbocycles. The molecule has 0 atom stereocenters. The number of hydrogen-bond acceptors (Lipinski definition) is 4. The fraction of sp³-hybridized carbons (Fsp3) is 0.200. The first-order chi connectivity index (χ1) is 9.27. The maximum atomic E-state index is 11.7. The molecule has 2 aromatic rings. The molecule has 0 heterocycles. The minimum absolute atomic E-state index is 0.145. The predicted octanol–water partition coefficient (Wildman–Crippen LogP) is 3.03. The smallest absolute Gasteiger partial charge is 0.177 e. The normalized spacial score (nSPS) is 11.3. The van der Waals surface area contributed by atoms with Crippen LogP contribution in [0.25, 0.3) is 0 Å². The second-order valence-electron chi connectivity index (χ2n) is 4.99. The van der Waals surface area contributed by atoms with Crippen molar-refractivity contribution in [2.45, 2.75) is 18.7 Å². The van der Waals surface area contributed by atoms with E-state index in [-0.39, 0.29) is 10.6 Å². The molecule has 2 rings (SSSR count). The highest BCUT2D eigenvalue weighted by atomic mass is 32.2. The Bertz CT molecular complexity index is 732. The number of anilines is 3. The zero-order valence-electron chi connectivity index (χ0n) is 11.8. The van der Waals surface area contributed by atoms with E-state index in [2.05, 4.69) is 11.4 Å². The van der Waals surface area contributed by atoms with Crippen LogP contribution in [0.4, 0.5) is 17.1 Å². The van der Waals surface area contributed by atoms with Crippen molar-refractivity contribution in [1.29, 1.82) is 0 Å².